The summed E-state index contributed by atoms with van der Waals surface area (Å²) in [6.45, 7) is 3.73. The summed E-state index contributed by atoms with van der Waals surface area (Å²) in [6.07, 6.45) is 2.75. The Balaban J connectivity index is 1.89. The molecule has 2 aromatic rings. The molecule has 2 rings (SSSR count). The fourth-order valence-corrected chi connectivity index (χ4v) is 2.14. The van der Waals surface area contributed by atoms with Crippen molar-refractivity contribution in [1.82, 2.24) is 15.1 Å². The third kappa shape index (κ3) is 3.83. The molecule has 19 heavy (non-hydrogen) atoms. The zero-order valence-corrected chi connectivity index (χ0v) is 11.5. The molecule has 1 aromatic carbocycles. The molecule has 0 spiro atoms. The molecule has 1 atom stereocenters. The van der Waals surface area contributed by atoms with Gasteiger partial charge in [0.05, 0.1) is 18.3 Å². The second kappa shape index (κ2) is 6.95. The summed E-state index contributed by atoms with van der Waals surface area (Å²) in [5.74, 6) is 0.919. The smallest absolute Gasteiger partial charge is 0.119 e. The van der Waals surface area contributed by atoms with Gasteiger partial charge in [-0.1, -0.05) is 25.1 Å². The molecule has 0 aliphatic rings. The summed E-state index contributed by atoms with van der Waals surface area (Å²) in [5, 5.41) is 7.69. The summed E-state index contributed by atoms with van der Waals surface area (Å²) in [4.78, 5) is 0. The van der Waals surface area contributed by atoms with E-state index in [9.17, 15) is 0 Å². The summed E-state index contributed by atoms with van der Waals surface area (Å²) in [5.41, 5.74) is 1.19. The highest BCUT2D eigenvalue weighted by Crippen LogP contribution is 2.17. The second-order valence-corrected chi connectivity index (χ2v) is 4.44. The average molecular weight is 259 g/mol. The molecule has 1 unspecified atom stereocenters. The first-order valence-corrected chi connectivity index (χ1v) is 6.70. The molecule has 0 aliphatic heterocycles. The van der Waals surface area contributed by atoms with Crippen LogP contribution in [-0.4, -0.2) is 22.9 Å². The maximum atomic E-state index is 5.75. The van der Waals surface area contributed by atoms with Crippen LogP contribution in [0.5, 0.6) is 5.75 Å². The van der Waals surface area contributed by atoms with E-state index in [1.54, 1.807) is 0 Å². The van der Waals surface area contributed by atoms with Crippen LogP contribution in [0.15, 0.2) is 42.6 Å². The first-order chi connectivity index (χ1) is 9.31. The molecule has 0 amide bonds. The molecule has 0 saturated carbocycles. The number of ether oxygens (including phenoxy) is 1. The van der Waals surface area contributed by atoms with Gasteiger partial charge in [0.2, 0.25) is 0 Å². The molecular formula is C15H21N3O. The lowest BCUT2D eigenvalue weighted by Crippen LogP contribution is -2.25. The predicted molar refractivity (Wildman–Crippen MR) is 76.2 cm³/mol. The molecule has 1 N–H and O–H groups in total. The van der Waals surface area contributed by atoms with Crippen molar-refractivity contribution in [2.75, 3.05) is 13.2 Å². The first kappa shape index (κ1) is 13.6. The number of nitrogens with zero attached hydrogens (tertiary/aromatic N) is 2. The van der Waals surface area contributed by atoms with Crippen molar-refractivity contribution in [3.63, 3.8) is 0 Å². The molecule has 0 aliphatic carbocycles. The fourth-order valence-electron chi connectivity index (χ4n) is 2.14. The Labute approximate surface area is 114 Å². The monoisotopic (exact) mass is 259 g/mol. The van der Waals surface area contributed by atoms with Crippen LogP contribution in [-0.2, 0) is 7.05 Å². The summed E-state index contributed by atoms with van der Waals surface area (Å²) in [7, 11) is 1.97. The maximum absolute atomic E-state index is 5.75. The zero-order valence-electron chi connectivity index (χ0n) is 11.5. The Morgan fingerprint density at radius 2 is 2.05 bits per heavy atom. The number of nitrogens with one attached hydrogen (secondary N) is 1. The van der Waals surface area contributed by atoms with Gasteiger partial charge in [0.25, 0.3) is 0 Å². The lowest BCUT2D eigenvalue weighted by Gasteiger charge is -2.18. The van der Waals surface area contributed by atoms with Gasteiger partial charge in [-0.05, 0) is 24.7 Å². The quantitative estimate of drug-likeness (QED) is 0.830. The van der Waals surface area contributed by atoms with E-state index >= 15 is 0 Å². The fraction of sp³-hybridized carbons (Fsp3) is 0.400. The summed E-state index contributed by atoms with van der Waals surface area (Å²) >= 11 is 0. The lowest BCUT2D eigenvalue weighted by atomic mass is 10.1. The van der Waals surface area contributed by atoms with Crippen molar-refractivity contribution >= 4 is 0 Å². The minimum atomic E-state index is 0.279. The van der Waals surface area contributed by atoms with Gasteiger partial charge >= 0.3 is 0 Å². The van der Waals surface area contributed by atoms with Crippen LogP contribution in [0.4, 0.5) is 0 Å². The Morgan fingerprint density at radius 1 is 1.26 bits per heavy atom. The van der Waals surface area contributed by atoms with Crippen LogP contribution in [0.25, 0.3) is 0 Å². The largest absolute Gasteiger partial charge is 0.494 e. The normalized spacial score (nSPS) is 12.3. The minimum Gasteiger partial charge on any atom is -0.494 e. The molecule has 0 bridgehead atoms. The highest BCUT2D eigenvalue weighted by Gasteiger charge is 2.13. The molecule has 1 aromatic heterocycles. The topological polar surface area (TPSA) is 39.1 Å². The van der Waals surface area contributed by atoms with E-state index in [0.717, 1.165) is 18.7 Å². The van der Waals surface area contributed by atoms with Gasteiger partial charge in [0.1, 0.15) is 5.75 Å². The van der Waals surface area contributed by atoms with Crippen LogP contribution in [0, 0.1) is 0 Å². The van der Waals surface area contributed by atoms with E-state index in [1.807, 2.05) is 48.3 Å². The molecule has 4 heteroatoms. The van der Waals surface area contributed by atoms with Crippen molar-refractivity contribution in [1.29, 1.82) is 0 Å². The SMILES string of the molecule is CCNC(CCOc1ccccc1)c1ccnn1C. The van der Waals surface area contributed by atoms with Crippen LogP contribution in [0.3, 0.4) is 0 Å². The number of hydrogen-bond donors (Lipinski definition) is 1. The van der Waals surface area contributed by atoms with Crippen LogP contribution >= 0.6 is 0 Å². The van der Waals surface area contributed by atoms with E-state index in [1.165, 1.54) is 5.69 Å². The molecule has 0 fully saturated rings. The second-order valence-electron chi connectivity index (χ2n) is 4.44. The van der Waals surface area contributed by atoms with Gasteiger partial charge in [0, 0.05) is 19.7 Å². The number of para-hydroxylation sites is 1. The molecule has 0 radical (unpaired) electrons. The Hall–Kier alpha value is -1.81. The van der Waals surface area contributed by atoms with Crippen LogP contribution in [0.2, 0.25) is 0 Å². The number of aromatic nitrogens is 2. The van der Waals surface area contributed by atoms with E-state index < -0.39 is 0 Å². The highest BCUT2D eigenvalue weighted by molar-refractivity contribution is 5.20. The van der Waals surface area contributed by atoms with E-state index in [0.29, 0.717) is 6.61 Å². The van der Waals surface area contributed by atoms with Gasteiger partial charge in [-0.2, -0.15) is 5.10 Å². The van der Waals surface area contributed by atoms with Gasteiger partial charge < -0.3 is 10.1 Å². The van der Waals surface area contributed by atoms with Crippen LogP contribution < -0.4 is 10.1 Å². The first-order valence-electron chi connectivity index (χ1n) is 6.70. The summed E-state index contributed by atoms with van der Waals surface area (Å²) in [6, 6.07) is 12.2. The minimum absolute atomic E-state index is 0.279. The van der Waals surface area contributed by atoms with Crippen molar-refractivity contribution in [3.05, 3.63) is 48.3 Å². The number of aryl methyl sites for hydroxylation is 1. The average Bonchev–Trinajstić information content (AvgIpc) is 2.85. The van der Waals surface area contributed by atoms with Gasteiger partial charge in [-0.15, -0.1) is 0 Å². The third-order valence-electron chi connectivity index (χ3n) is 3.08. The Bertz CT molecular complexity index is 481. The summed E-state index contributed by atoms with van der Waals surface area (Å²) < 4.78 is 7.66. The van der Waals surface area contributed by atoms with Gasteiger partial charge in [-0.3, -0.25) is 4.68 Å². The van der Waals surface area contributed by atoms with Crippen molar-refractivity contribution in [3.8, 4) is 5.75 Å². The Kier molecular flexibility index (Phi) is 4.98. The highest BCUT2D eigenvalue weighted by atomic mass is 16.5. The Morgan fingerprint density at radius 3 is 2.68 bits per heavy atom. The number of hydrogen-bond acceptors (Lipinski definition) is 3. The maximum Gasteiger partial charge on any atom is 0.119 e. The van der Waals surface area contributed by atoms with E-state index in [-0.39, 0.29) is 6.04 Å². The lowest BCUT2D eigenvalue weighted by molar-refractivity contribution is 0.284. The van der Waals surface area contributed by atoms with Gasteiger partial charge in [-0.25, -0.2) is 0 Å². The molecule has 4 nitrogen and oxygen atoms in total. The van der Waals surface area contributed by atoms with Crippen LogP contribution in [0.1, 0.15) is 25.1 Å². The standard InChI is InChI=1S/C15H21N3O/c1-3-16-14(15-9-11-17-18(15)2)10-12-19-13-7-5-4-6-8-13/h4-9,11,14,16H,3,10,12H2,1-2H3. The van der Waals surface area contributed by atoms with E-state index in [2.05, 4.69) is 23.4 Å². The molecular weight excluding hydrogens is 238 g/mol. The predicted octanol–water partition coefficient (Wildman–Crippen LogP) is 2.54. The molecule has 102 valence electrons. The van der Waals surface area contributed by atoms with Gasteiger partial charge in [0.15, 0.2) is 0 Å². The third-order valence-corrected chi connectivity index (χ3v) is 3.08. The molecule has 0 saturated heterocycles. The number of rotatable bonds is 7. The van der Waals surface area contributed by atoms with E-state index in [4.69, 9.17) is 4.74 Å². The van der Waals surface area contributed by atoms with Crippen molar-refractivity contribution in [2.45, 2.75) is 19.4 Å². The number of benzene rings is 1. The van der Waals surface area contributed by atoms with Crippen molar-refractivity contribution in [2.24, 2.45) is 7.05 Å². The van der Waals surface area contributed by atoms with Crippen molar-refractivity contribution < 1.29 is 4.74 Å². The zero-order chi connectivity index (χ0) is 13.5. The molecule has 1 heterocycles.